The zero-order chi connectivity index (χ0) is 12.6. The van der Waals surface area contributed by atoms with Crippen LogP contribution in [0.25, 0.3) is 0 Å². The number of amides is 2. The molecule has 1 heterocycles. The summed E-state index contributed by atoms with van der Waals surface area (Å²) in [4.78, 5) is 35.3. The summed E-state index contributed by atoms with van der Waals surface area (Å²) in [6, 6.07) is 4.96. The SMILES string of the molecule is NC(=O)CCN1C(=O)C(=O)c2ccc(Br)cc21. The largest absolute Gasteiger partial charge is 0.370 e. The minimum absolute atomic E-state index is 0.0327. The van der Waals surface area contributed by atoms with Crippen molar-refractivity contribution in [2.45, 2.75) is 6.42 Å². The summed E-state index contributed by atoms with van der Waals surface area (Å²) in [6.45, 7) is 0.128. The molecule has 1 aromatic rings. The molecule has 0 bridgehead atoms. The van der Waals surface area contributed by atoms with Crippen molar-refractivity contribution >= 4 is 39.2 Å². The van der Waals surface area contributed by atoms with Gasteiger partial charge in [-0.25, -0.2) is 0 Å². The lowest BCUT2D eigenvalue weighted by molar-refractivity contribution is -0.118. The Morgan fingerprint density at radius 3 is 2.71 bits per heavy atom. The molecule has 0 radical (unpaired) electrons. The van der Waals surface area contributed by atoms with Crippen LogP contribution in [-0.4, -0.2) is 24.1 Å². The smallest absolute Gasteiger partial charge is 0.299 e. The summed E-state index contributed by atoms with van der Waals surface area (Å²) in [5, 5.41) is 0. The van der Waals surface area contributed by atoms with E-state index in [1.165, 1.54) is 4.90 Å². The van der Waals surface area contributed by atoms with Crippen LogP contribution in [0.1, 0.15) is 16.8 Å². The fourth-order valence-electron chi connectivity index (χ4n) is 1.71. The molecule has 0 aliphatic carbocycles. The quantitative estimate of drug-likeness (QED) is 0.840. The fraction of sp³-hybridized carbons (Fsp3) is 0.182. The second kappa shape index (κ2) is 4.29. The van der Waals surface area contributed by atoms with E-state index in [0.29, 0.717) is 11.3 Å². The Hall–Kier alpha value is -1.69. The van der Waals surface area contributed by atoms with E-state index in [0.717, 1.165) is 4.47 Å². The van der Waals surface area contributed by atoms with Crippen LogP contribution < -0.4 is 10.6 Å². The predicted molar refractivity (Wildman–Crippen MR) is 64.6 cm³/mol. The molecule has 0 atom stereocenters. The van der Waals surface area contributed by atoms with Gasteiger partial charge in [-0.05, 0) is 18.2 Å². The van der Waals surface area contributed by atoms with E-state index in [1.807, 2.05) is 0 Å². The maximum Gasteiger partial charge on any atom is 0.299 e. The molecule has 5 nitrogen and oxygen atoms in total. The van der Waals surface area contributed by atoms with Crippen molar-refractivity contribution in [2.75, 3.05) is 11.4 Å². The standard InChI is InChI=1S/C11H9BrN2O3/c12-6-1-2-7-8(5-6)14(4-3-9(13)15)11(17)10(7)16/h1-2,5H,3-4H2,(H2,13,15). The first-order valence-corrected chi connectivity index (χ1v) is 5.74. The first-order chi connectivity index (χ1) is 8.00. The number of primary amides is 1. The number of ketones is 1. The number of carbonyl (C=O) groups is 3. The maximum atomic E-state index is 11.7. The van der Waals surface area contributed by atoms with E-state index in [4.69, 9.17) is 5.73 Å². The maximum absolute atomic E-state index is 11.7. The molecule has 6 heteroatoms. The molecule has 0 aromatic heterocycles. The first kappa shape index (κ1) is 11.8. The van der Waals surface area contributed by atoms with Crippen molar-refractivity contribution in [2.24, 2.45) is 5.73 Å². The van der Waals surface area contributed by atoms with Crippen LogP contribution >= 0.6 is 15.9 Å². The highest BCUT2D eigenvalue weighted by Crippen LogP contribution is 2.31. The third-order valence-corrected chi connectivity index (χ3v) is 3.01. The molecule has 88 valence electrons. The van der Waals surface area contributed by atoms with E-state index in [9.17, 15) is 14.4 Å². The van der Waals surface area contributed by atoms with Crippen LogP contribution in [0, 0.1) is 0 Å². The molecule has 1 aliphatic rings. The van der Waals surface area contributed by atoms with E-state index in [-0.39, 0.29) is 13.0 Å². The predicted octanol–water partition coefficient (Wildman–Crippen LogP) is 0.854. The Morgan fingerprint density at radius 1 is 1.35 bits per heavy atom. The van der Waals surface area contributed by atoms with Crippen molar-refractivity contribution < 1.29 is 14.4 Å². The summed E-state index contributed by atoms with van der Waals surface area (Å²) in [5.41, 5.74) is 5.92. The molecule has 0 saturated heterocycles. The van der Waals surface area contributed by atoms with Gasteiger partial charge in [0.05, 0.1) is 11.3 Å². The van der Waals surface area contributed by atoms with Crippen molar-refractivity contribution in [1.29, 1.82) is 0 Å². The molecule has 0 saturated carbocycles. The zero-order valence-electron chi connectivity index (χ0n) is 8.77. The molecule has 2 N–H and O–H groups in total. The molecule has 1 aromatic carbocycles. The number of nitrogens with two attached hydrogens (primary N) is 1. The second-order valence-corrected chi connectivity index (χ2v) is 4.58. The Bertz CT molecular complexity index is 527. The van der Waals surface area contributed by atoms with Gasteiger partial charge in [0.2, 0.25) is 5.91 Å². The van der Waals surface area contributed by atoms with Gasteiger partial charge in [-0.3, -0.25) is 14.4 Å². The number of carbonyl (C=O) groups excluding carboxylic acids is 3. The van der Waals surface area contributed by atoms with E-state index in [2.05, 4.69) is 15.9 Å². The number of fused-ring (bicyclic) bond motifs is 1. The highest BCUT2D eigenvalue weighted by Gasteiger charge is 2.35. The number of anilines is 1. The first-order valence-electron chi connectivity index (χ1n) is 4.95. The van der Waals surface area contributed by atoms with Crippen molar-refractivity contribution in [3.63, 3.8) is 0 Å². The summed E-state index contributed by atoms with van der Waals surface area (Å²) in [7, 11) is 0. The van der Waals surface area contributed by atoms with Gasteiger partial charge >= 0.3 is 0 Å². The van der Waals surface area contributed by atoms with Crippen LogP contribution in [0.15, 0.2) is 22.7 Å². The topological polar surface area (TPSA) is 80.5 Å². The Kier molecular flexibility index (Phi) is 2.97. The highest BCUT2D eigenvalue weighted by atomic mass is 79.9. The summed E-state index contributed by atoms with van der Waals surface area (Å²) < 4.78 is 0.767. The van der Waals surface area contributed by atoms with Crippen LogP contribution in [0.2, 0.25) is 0 Å². The summed E-state index contributed by atoms with van der Waals surface area (Å²) >= 11 is 3.27. The van der Waals surface area contributed by atoms with Crippen LogP contribution in [0.5, 0.6) is 0 Å². The number of Topliss-reactive ketones (excluding diaryl/α,β-unsaturated/α-hetero) is 1. The minimum Gasteiger partial charge on any atom is -0.370 e. The molecule has 1 aliphatic heterocycles. The van der Waals surface area contributed by atoms with Crippen molar-refractivity contribution in [1.82, 2.24) is 0 Å². The summed E-state index contributed by atoms with van der Waals surface area (Å²) in [6.07, 6.45) is 0.0327. The molecule has 0 spiro atoms. The Balaban J connectivity index is 2.36. The molecule has 2 rings (SSSR count). The van der Waals surface area contributed by atoms with Gasteiger partial charge < -0.3 is 10.6 Å². The van der Waals surface area contributed by atoms with Crippen LogP contribution in [0.3, 0.4) is 0 Å². The Morgan fingerprint density at radius 2 is 2.06 bits per heavy atom. The van der Waals surface area contributed by atoms with Gasteiger partial charge in [0.25, 0.3) is 11.7 Å². The van der Waals surface area contributed by atoms with Crippen molar-refractivity contribution in [3.8, 4) is 0 Å². The lowest BCUT2D eigenvalue weighted by Crippen LogP contribution is -2.32. The Labute approximate surface area is 106 Å². The molecular weight excluding hydrogens is 288 g/mol. The molecule has 0 fully saturated rings. The lowest BCUT2D eigenvalue weighted by Gasteiger charge is -2.15. The normalized spacial score (nSPS) is 14.1. The number of rotatable bonds is 3. The van der Waals surface area contributed by atoms with Crippen molar-refractivity contribution in [3.05, 3.63) is 28.2 Å². The van der Waals surface area contributed by atoms with Gasteiger partial charge in [-0.2, -0.15) is 0 Å². The second-order valence-electron chi connectivity index (χ2n) is 3.66. The highest BCUT2D eigenvalue weighted by molar-refractivity contribution is 9.10. The van der Waals surface area contributed by atoms with E-state index < -0.39 is 17.6 Å². The number of halogens is 1. The third-order valence-electron chi connectivity index (χ3n) is 2.52. The molecule has 17 heavy (non-hydrogen) atoms. The molecule has 0 unspecified atom stereocenters. The monoisotopic (exact) mass is 296 g/mol. The molecular formula is C11H9BrN2O3. The van der Waals surface area contributed by atoms with E-state index in [1.54, 1.807) is 18.2 Å². The fourth-order valence-corrected chi connectivity index (χ4v) is 2.06. The molecule has 2 amide bonds. The van der Waals surface area contributed by atoms with Crippen LogP contribution in [0.4, 0.5) is 5.69 Å². The zero-order valence-corrected chi connectivity index (χ0v) is 10.4. The average Bonchev–Trinajstić information content (AvgIpc) is 2.49. The van der Waals surface area contributed by atoms with Gasteiger partial charge in [0.1, 0.15) is 0 Å². The lowest BCUT2D eigenvalue weighted by atomic mass is 10.1. The number of benzene rings is 1. The number of nitrogens with zero attached hydrogens (tertiary/aromatic N) is 1. The van der Waals surface area contributed by atoms with Crippen LogP contribution in [-0.2, 0) is 9.59 Å². The minimum atomic E-state index is -0.612. The summed E-state index contributed by atoms with van der Waals surface area (Å²) in [5.74, 6) is -1.66. The average molecular weight is 297 g/mol. The van der Waals surface area contributed by atoms with Gasteiger partial charge in [-0.15, -0.1) is 0 Å². The van der Waals surface area contributed by atoms with Gasteiger partial charge in [0.15, 0.2) is 0 Å². The third kappa shape index (κ3) is 2.08. The van der Waals surface area contributed by atoms with E-state index >= 15 is 0 Å². The number of hydrogen-bond acceptors (Lipinski definition) is 3. The van der Waals surface area contributed by atoms with Gasteiger partial charge in [0, 0.05) is 17.4 Å². The number of hydrogen-bond donors (Lipinski definition) is 1. The van der Waals surface area contributed by atoms with Gasteiger partial charge in [-0.1, -0.05) is 15.9 Å².